The summed E-state index contributed by atoms with van der Waals surface area (Å²) < 4.78 is 12.2. The van der Waals surface area contributed by atoms with Crippen LogP contribution in [0.5, 0.6) is 0 Å². The summed E-state index contributed by atoms with van der Waals surface area (Å²) in [6, 6.07) is 21.7. The van der Waals surface area contributed by atoms with Crippen LogP contribution in [0.2, 0.25) is 5.04 Å². The van der Waals surface area contributed by atoms with Crippen LogP contribution in [0.4, 0.5) is 0 Å². The fourth-order valence-electron chi connectivity index (χ4n) is 3.53. The lowest BCUT2D eigenvalue weighted by Gasteiger charge is -2.43. The summed E-state index contributed by atoms with van der Waals surface area (Å²) in [5.74, 6) is 0. The molecular weight excluding hydrogens is 312 g/mol. The van der Waals surface area contributed by atoms with Gasteiger partial charge in [-0.2, -0.15) is 0 Å². The minimum atomic E-state index is -2.34. The molecule has 0 saturated carbocycles. The summed E-state index contributed by atoms with van der Waals surface area (Å²) in [5.41, 5.74) is 0. The fourth-order valence-corrected chi connectivity index (χ4v) is 8.14. The normalized spacial score (nSPS) is 17.7. The number of hydrogen-bond donors (Lipinski definition) is 0. The number of epoxide rings is 1. The first-order valence-corrected chi connectivity index (χ1v) is 10.8. The molecule has 0 radical (unpaired) electrons. The first-order valence-electron chi connectivity index (χ1n) is 8.91. The van der Waals surface area contributed by atoms with E-state index in [0.717, 1.165) is 26.1 Å². The van der Waals surface area contributed by atoms with Gasteiger partial charge in [-0.15, -0.1) is 0 Å². The molecule has 1 aliphatic rings. The van der Waals surface area contributed by atoms with E-state index in [1.165, 1.54) is 10.4 Å². The van der Waals surface area contributed by atoms with E-state index in [9.17, 15) is 0 Å². The standard InChI is InChI=1S/C21H28O2Si/c1-21(2,3)24(19-12-6-4-7-13-19,20-14-8-5-9-15-20)23-16-10-11-18-17-22-18/h4-9,12-15,18H,10-11,16-17H2,1-3H3. The highest BCUT2D eigenvalue weighted by Crippen LogP contribution is 2.36. The monoisotopic (exact) mass is 340 g/mol. The van der Waals surface area contributed by atoms with Crippen molar-refractivity contribution in [2.24, 2.45) is 0 Å². The molecular formula is C21H28O2Si. The van der Waals surface area contributed by atoms with Crippen LogP contribution in [-0.4, -0.2) is 27.6 Å². The molecule has 1 saturated heterocycles. The molecule has 2 aromatic rings. The Morgan fingerprint density at radius 1 is 0.958 bits per heavy atom. The third-order valence-electron chi connectivity index (χ3n) is 4.81. The Morgan fingerprint density at radius 2 is 1.46 bits per heavy atom. The summed E-state index contributed by atoms with van der Waals surface area (Å²) in [4.78, 5) is 0. The Balaban J connectivity index is 1.96. The quantitative estimate of drug-likeness (QED) is 0.435. The lowest BCUT2D eigenvalue weighted by Crippen LogP contribution is -2.66. The summed E-state index contributed by atoms with van der Waals surface area (Å²) in [6.45, 7) is 8.70. The van der Waals surface area contributed by atoms with E-state index in [1.54, 1.807) is 0 Å². The molecule has 0 amide bonds. The smallest absolute Gasteiger partial charge is 0.261 e. The van der Waals surface area contributed by atoms with Crippen molar-refractivity contribution in [2.45, 2.75) is 44.8 Å². The Labute approximate surface area is 146 Å². The number of rotatable bonds is 7. The molecule has 128 valence electrons. The van der Waals surface area contributed by atoms with Gasteiger partial charge in [0.1, 0.15) is 0 Å². The first-order chi connectivity index (χ1) is 11.5. The van der Waals surface area contributed by atoms with Crippen LogP contribution in [-0.2, 0) is 9.16 Å². The SMILES string of the molecule is CC(C)(C)[Si](OCCCC1CO1)(c1ccccc1)c1ccccc1. The zero-order chi connectivity index (χ0) is 17.0. The van der Waals surface area contributed by atoms with Gasteiger partial charge in [-0.25, -0.2) is 0 Å². The van der Waals surface area contributed by atoms with Crippen LogP contribution in [0.1, 0.15) is 33.6 Å². The predicted octanol–water partition coefficient (Wildman–Crippen LogP) is 3.74. The zero-order valence-corrected chi connectivity index (χ0v) is 16.0. The minimum Gasteiger partial charge on any atom is -0.407 e. The fraction of sp³-hybridized carbons (Fsp3) is 0.429. The summed E-state index contributed by atoms with van der Waals surface area (Å²) in [6.07, 6.45) is 2.65. The van der Waals surface area contributed by atoms with E-state index in [0.29, 0.717) is 6.10 Å². The topological polar surface area (TPSA) is 21.8 Å². The van der Waals surface area contributed by atoms with Gasteiger partial charge in [-0.05, 0) is 28.3 Å². The molecule has 1 atom stereocenters. The van der Waals surface area contributed by atoms with Gasteiger partial charge >= 0.3 is 0 Å². The molecule has 3 rings (SSSR count). The Hall–Kier alpha value is -1.42. The van der Waals surface area contributed by atoms with E-state index in [4.69, 9.17) is 9.16 Å². The van der Waals surface area contributed by atoms with Crippen molar-refractivity contribution in [1.29, 1.82) is 0 Å². The van der Waals surface area contributed by atoms with Crippen LogP contribution in [0.25, 0.3) is 0 Å². The highest BCUT2D eigenvalue weighted by atomic mass is 28.4. The van der Waals surface area contributed by atoms with Gasteiger partial charge in [0.2, 0.25) is 0 Å². The lowest BCUT2D eigenvalue weighted by atomic mass is 10.2. The van der Waals surface area contributed by atoms with E-state index < -0.39 is 8.32 Å². The second kappa shape index (κ2) is 7.22. The Bertz CT molecular complexity index is 590. The average molecular weight is 341 g/mol. The summed E-state index contributed by atoms with van der Waals surface area (Å²) in [7, 11) is -2.34. The summed E-state index contributed by atoms with van der Waals surface area (Å²) in [5, 5.41) is 2.77. The zero-order valence-electron chi connectivity index (χ0n) is 15.0. The maximum absolute atomic E-state index is 6.83. The van der Waals surface area contributed by atoms with Crippen molar-refractivity contribution < 1.29 is 9.16 Å². The molecule has 2 nitrogen and oxygen atoms in total. The van der Waals surface area contributed by atoms with Gasteiger partial charge < -0.3 is 9.16 Å². The Kier molecular flexibility index (Phi) is 5.23. The molecule has 1 fully saturated rings. The van der Waals surface area contributed by atoms with Crippen LogP contribution < -0.4 is 10.4 Å². The molecule has 0 aromatic heterocycles. The van der Waals surface area contributed by atoms with Gasteiger partial charge in [0.25, 0.3) is 8.32 Å². The maximum Gasteiger partial charge on any atom is 0.261 e. The van der Waals surface area contributed by atoms with Gasteiger partial charge in [0.05, 0.1) is 12.7 Å². The highest BCUT2D eigenvalue weighted by molar-refractivity contribution is 6.99. The van der Waals surface area contributed by atoms with Gasteiger partial charge in [-0.3, -0.25) is 0 Å². The van der Waals surface area contributed by atoms with E-state index in [2.05, 4.69) is 81.4 Å². The van der Waals surface area contributed by atoms with Crippen LogP contribution in [0.15, 0.2) is 60.7 Å². The van der Waals surface area contributed by atoms with Gasteiger partial charge in [-0.1, -0.05) is 81.4 Å². The molecule has 0 bridgehead atoms. The minimum absolute atomic E-state index is 0.0613. The van der Waals surface area contributed by atoms with Crippen molar-refractivity contribution >= 4 is 18.7 Å². The largest absolute Gasteiger partial charge is 0.407 e. The van der Waals surface area contributed by atoms with Crippen molar-refractivity contribution in [3.05, 3.63) is 60.7 Å². The maximum atomic E-state index is 6.83. The van der Waals surface area contributed by atoms with Crippen molar-refractivity contribution in [1.82, 2.24) is 0 Å². The van der Waals surface area contributed by atoms with Gasteiger partial charge in [0.15, 0.2) is 0 Å². The molecule has 24 heavy (non-hydrogen) atoms. The van der Waals surface area contributed by atoms with E-state index in [1.807, 2.05) is 0 Å². The van der Waals surface area contributed by atoms with Crippen molar-refractivity contribution in [2.75, 3.05) is 13.2 Å². The molecule has 1 unspecified atom stereocenters. The molecule has 1 aliphatic heterocycles. The van der Waals surface area contributed by atoms with Gasteiger partial charge in [0, 0.05) is 6.61 Å². The lowest BCUT2D eigenvalue weighted by molar-refractivity contribution is 0.278. The van der Waals surface area contributed by atoms with Crippen molar-refractivity contribution in [3.8, 4) is 0 Å². The number of ether oxygens (including phenoxy) is 1. The van der Waals surface area contributed by atoms with E-state index >= 15 is 0 Å². The van der Waals surface area contributed by atoms with Crippen LogP contribution in [0, 0.1) is 0 Å². The number of benzene rings is 2. The molecule has 1 heterocycles. The molecule has 0 N–H and O–H groups in total. The summed E-state index contributed by atoms with van der Waals surface area (Å²) >= 11 is 0. The first kappa shape index (κ1) is 17.4. The highest BCUT2D eigenvalue weighted by Gasteiger charge is 2.49. The molecule has 0 spiro atoms. The average Bonchev–Trinajstić information content (AvgIpc) is 3.40. The van der Waals surface area contributed by atoms with Crippen molar-refractivity contribution in [3.63, 3.8) is 0 Å². The van der Waals surface area contributed by atoms with Crippen LogP contribution in [0.3, 0.4) is 0 Å². The van der Waals surface area contributed by atoms with E-state index in [-0.39, 0.29) is 5.04 Å². The Morgan fingerprint density at radius 3 is 1.88 bits per heavy atom. The predicted molar refractivity (Wildman–Crippen MR) is 103 cm³/mol. The molecule has 0 aliphatic carbocycles. The second-order valence-electron chi connectivity index (χ2n) is 7.61. The number of hydrogen-bond acceptors (Lipinski definition) is 2. The molecule has 2 aromatic carbocycles. The van der Waals surface area contributed by atoms with Crippen LogP contribution >= 0.6 is 0 Å². The second-order valence-corrected chi connectivity index (χ2v) is 11.9. The molecule has 3 heteroatoms. The third-order valence-corrected chi connectivity index (χ3v) is 9.85. The third kappa shape index (κ3) is 3.64.